The van der Waals surface area contributed by atoms with Crippen molar-refractivity contribution in [2.24, 2.45) is 0 Å². The van der Waals surface area contributed by atoms with Crippen molar-refractivity contribution in [1.29, 1.82) is 0 Å². The predicted octanol–water partition coefficient (Wildman–Crippen LogP) is 3.99. The molecule has 2 heterocycles. The molecule has 4 aromatic rings. The van der Waals surface area contributed by atoms with Gasteiger partial charge in [-0.2, -0.15) is 5.10 Å². The number of fused-ring (bicyclic) bond motifs is 1. The molecule has 0 bridgehead atoms. The molecule has 4 rings (SSSR count). The molecule has 0 unspecified atom stereocenters. The third-order valence-electron chi connectivity index (χ3n) is 4.52. The van der Waals surface area contributed by atoms with Gasteiger partial charge in [-0.1, -0.05) is 30.3 Å². The van der Waals surface area contributed by atoms with Gasteiger partial charge in [-0.05, 0) is 29.8 Å². The number of carbonyl (C=O) groups is 1. The number of carbonyl (C=O) groups excluding carboxylic acids is 1. The Labute approximate surface area is 162 Å². The van der Waals surface area contributed by atoms with Crippen LogP contribution in [0.3, 0.4) is 0 Å². The first-order valence-electron chi connectivity index (χ1n) is 8.90. The molecule has 6 heteroatoms. The maximum atomic E-state index is 13.7. The maximum Gasteiger partial charge on any atom is 0.254 e. The van der Waals surface area contributed by atoms with Crippen molar-refractivity contribution >= 4 is 16.8 Å². The van der Waals surface area contributed by atoms with Crippen LogP contribution in [-0.2, 0) is 6.54 Å². The Balaban J connectivity index is 1.77. The van der Waals surface area contributed by atoms with E-state index >= 15 is 0 Å². The number of amides is 1. The van der Waals surface area contributed by atoms with E-state index in [-0.39, 0.29) is 5.91 Å². The highest BCUT2D eigenvalue weighted by Crippen LogP contribution is 2.26. The Morgan fingerprint density at radius 3 is 2.64 bits per heavy atom. The van der Waals surface area contributed by atoms with Gasteiger partial charge in [0.2, 0.25) is 0 Å². The van der Waals surface area contributed by atoms with E-state index in [4.69, 9.17) is 0 Å². The molecule has 0 aliphatic carbocycles. The van der Waals surface area contributed by atoms with Crippen molar-refractivity contribution in [3.8, 4) is 11.3 Å². The zero-order valence-electron chi connectivity index (χ0n) is 15.6. The molecule has 0 N–H and O–H groups in total. The van der Waals surface area contributed by atoms with E-state index in [0.29, 0.717) is 28.7 Å². The summed E-state index contributed by atoms with van der Waals surface area (Å²) in [6.45, 7) is 0.642. The van der Waals surface area contributed by atoms with Gasteiger partial charge < -0.3 is 4.90 Å². The molecule has 0 saturated carbocycles. The van der Waals surface area contributed by atoms with E-state index in [1.807, 2.05) is 41.2 Å². The molecular formula is C22H19FN4O. The predicted molar refractivity (Wildman–Crippen MR) is 106 cm³/mol. The second-order valence-electron chi connectivity index (χ2n) is 6.83. The summed E-state index contributed by atoms with van der Waals surface area (Å²) in [6, 6.07) is 16.0. The van der Waals surface area contributed by atoms with Crippen LogP contribution in [0.1, 0.15) is 15.9 Å². The second kappa shape index (κ2) is 7.23. The number of halogens is 1. The lowest BCUT2D eigenvalue weighted by atomic mass is 10.0. The summed E-state index contributed by atoms with van der Waals surface area (Å²) < 4.78 is 15.6. The van der Waals surface area contributed by atoms with Crippen LogP contribution in [0, 0.1) is 5.82 Å². The molecule has 0 aliphatic heterocycles. The first-order chi connectivity index (χ1) is 13.5. The van der Waals surface area contributed by atoms with Crippen LogP contribution < -0.4 is 0 Å². The van der Waals surface area contributed by atoms with Crippen molar-refractivity contribution in [2.45, 2.75) is 6.54 Å². The number of aromatic nitrogens is 3. The van der Waals surface area contributed by atoms with Gasteiger partial charge in [0, 0.05) is 31.2 Å². The molecule has 0 aliphatic rings. The highest BCUT2D eigenvalue weighted by atomic mass is 19.1. The van der Waals surface area contributed by atoms with E-state index in [1.165, 1.54) is 17.0 Å². The van der Waals surface area contributed by atoms with Gasteiger partial charge in [0.15, 0.2) is 0 Å². The van der Waals surface area contributed by atoms with Gasteiger partial charge in [-0.25, -0.2) is 9.37 Å². The van der Waals surface area contributed by atoms with Crippen molar-refractivity contribution in [1.82, 2.24) is 19.7 Å². The van der Waals surface area contributed by atoms with Crippen molar-refractivity contribution in [3.05, 3.63) is 83.9 Å². The monoisotopic (exact) mass is 374 g/mol. The Kier molecular flexibility index (Phi) is 4.61. The highest BCUT2D eigenvalue weighted by Gasteiger charge is 2.17. The van der Waals surface area contributed by atoms with Crippen LogP contribution in [0.15, 0.2) is 67.0 Å². The third-order valence-corrected chi connectivity index (χ3v) is 4.52. The van der Waals surface area contributed by atoms with Crippen molar-refractivity contribution in [2.75, 3.05) is 14.1 Å². The van der Waals surface area contributed by atoms with E-state index in [1.54, 1.807) is 32.4 Å². The van der Waals surface area contributed by atoms with E-state index in [2.05, 4.69) is 10.1 Å². The zero-order chi connectivity index (χ0) is 19.7. The fourth-order valence-corrected chi connectivity index (χ4v) is 3.12. The highest BCUT2D eigenvalue weighted by molar-refractivity contribution is 6.07. The van der Waals surface area contributed by atoms with Gasteiger partial charge in [0.25, 0.3) is 5.91 Å². The summed E-state index contributed by atoms with van der Waals surface area (Å²) in [5, 5.41) is 4.91. The fraction of sp³-hybridized carbons (Fsp3) is 0.136. The molecule has 1 amide bonds. The molecule has 140 valence electrons. The first-order valence-corrected chi connectivity index (χ1v) is 8.90. The fourth-order valence-electron chi connectivity index (χ4n) is 3.12. The Hall–Kier alpha value is -3.54. The smallest absolute Gasteiger partial charge is 0.254 e. The van der Waals surface area contributed by atoms with Crippen LogP contribution in [0.2, 0.25) is 0 Å². The topological polar surface area (TPSA) is 51.0 Å². The average molecular weight is 374 g/mol. The lowest BCUT2D eigenvalue weighted by Crippen LogP contribution is -2.22. The van der Waals surface area contributed by atoms with Crippen LogP contribution in [0.5, 0.6) is 0 Å². The summed E-state index contributed by atoms with van der Waals surface area (Å²) in [7, 11) is 3.34. The van der Waals surface area contributed by atoms with E-state index < -0.39 is 5.82 Å². The van der Waals surface area contributed by atoms with Gasteiger partial charge in [-0.15, -0.1) is 0 Å². The third kappa shape index (κ3) is 3.49. The molecule has 2 aromatic heterocycles. The zero-order valence-corrected chi connectivity index (χ0v) is 15.6. The lowest BCUT2D eigenvalue weighted by molar-refractivity contribution is 0.0829. The van der Waals surface area contributed by atoms with Crippen LogP contribution in [-0.4, -0.2) is 39.7 Å². The minimum Gasteiger partial charge on any atom is -0.345 e. The van der Waals surface area contributed by atoms with Crippen LogP contribution >= 0.6 is 0 Å². The Bertz CT molecular complexity index is 1150. The summed E-state index contributed by atoms with van der Waals surface area (Å²) >= 11 is 0. The van der Waals surface area contributed by atoms with E-state index in [0.717, 1.165) is 11.1 Å². The molecule has 5 nitrogen and oxygen atoms in total. The molecule has 28 heavy (non-hydrogen) atoms. The maximum absolute atomic E-state index is 13.7. The number of rotatable bonds is 4. The molecule has 2 aromatic carbocycles. The molecule has 0 radical (unpaired) electrons. The number of pyridine rings is 1. The number of hydrogen-bond donors (Lipinski definition) is 0. The van der Waals surface area contributed by atoms with Gasteiger partial charge in [-0.3, -0.25) is 9.48 Å². The lowest BCUT2D eigenvalue weighted by Gasteiger charge is -2.13. The van der Waals surface area contributed by atoms with Crippen LogP contribution in [0.25, 0.3) is 22.2 Å². The quantitative estimate of drug-likeness (QED) is 0.543. The van der Waals surface area contributed by atoms with Crippen LogP contribution in [0.4, 0.5) is 4.39 Å². The summed E-state index contributed by atoms with van der Waals surface area (Å²) in [6.07, 6.45) is 3.62. The minimum atomic E-state index is -0.398. The minimum absolute atomic E-state index is 0.198. The second-order valence-corrected chi connectivity index (χ2v) is 6.83. The normalized spacial score (nSPS) is 11.0. The molecular weight excluding hydrogens is 355 g/mol. The van der Waals surface area contributed by atoms with Gasteiger partial charge in [0.05, 0.1) is 29.5 Å². The summed E-state index contributed by atoms with van der Waals surface area (Å²) in [5.41, 5.74) is 3.56. The van der Waals surface area contributed by atoms with Crippen molar-refractivity contribution < 1.29 is 9.18 Å². The van der Waals surface area contributed by atoms with Gasteiger partial charge >= 0.3 is 0 Å². The first kappa shape index (κ1) is 17.9. The Morgan fingerprint density at radius 2 is 1.89 bits per heavy atom. The van der Waals surface area contributed by atoms with Crippen molar-refractivity contribution in [3.63, 3.8) is 0 Å². The molecule has 0 spiro atoms. The van der Waals surface area contributed by atoms with E-state index in [9.17, 15) is 9.18 Å². The largest absolute Gasteiger partial charge is 0.345 e. The standard InChI is InChI=1S/C22H19FN4O/c1-26(2)22(28)19-11-21(25-20-9-8-17(23)10-18(19)20)16-12-24-27(14-16)13-15-6-4-3-5-7-15/h3-12,14H,13H2,1-2H3. The Morgan fingerprint density at radius 1 is 1.11 bits per heavy atom. The average Bonchev–Trinajstić information content (AvgIpc) is 3.16. The molecule has 0 atom stereocenters. The molecule has 0 fully saturated rings. The number of hydrogen-bond acceptors (Lipinski definition) is 3. The number of nitrogens with zero attached hydrogens (tertiary/aromatic N) is 4. The summed E-state index contributed by atoms with van der Waals surface area (Å²) in [5.74, 6) is -0.596. The number of benzene rings is 2. The van der Waals surface area contributed by atoms with Gasteiger partial charge in [0.1, 0.15) is 5.82 Å². The SMILES string of the molecule is CN(C)C(=O)c1cc(-c2cnn(Cc3ccccc3)c2)nc2ccc(F)cc12. The molecule has 0 saturated heterocycles. The summed E-state index contributed by atoms with van der Waals surface area (Å²) in [4.78, 5) is 18.7.